The van der Waals surface area contributed by atoms with Crippen molar-refractivity contribution in [1.29, 1.82) is 0 Å². The molecule has 0 radical (unpaired) electrons. The third-order valence-electron chi connectivity index (χ3n) is 4.64. The number of carbonyl (C=O) groups excluding carboxylic acids is 1. The summed E-state index contributed by atoms with van der Waals surface area (Å²) < 4.78 is 1.30. The van der Waals surface area contributed by atoms with E-state index in [0.717, 1.165) is 18.4 Å². The zero-order valence-corrected chi connectivity index (χ0v) is 14.4. The molecule has 0 aliphatic heterocycles. The Morgan fingerprint density at radius 2 is 2.00 bits per heavy atom. The average molecular weight is 363 g/mol. The number of aromatic nitrogens is 3. The van der Waals surface area contributed by atoms with Crippen LogP contribution in [-0.4, -0.2) is 25.6 Å². The normalized spacial score (nSPS) is 14.5. The molecule has 27 heavy (non-hydrogen) atoms. The van der Waals surface area contributed by atoms with Crippen LogP contribution in [0.25, 0.3) is 5.69 Å². The number of rotatable bonds is 6. The van der Waals surface area contributed by atoms with Gasteiger partial charge in [0.25, 0.3) is 11.6 Å². The van der Waals surface area contributed by atoms with Gasteiger partial charge < -0.3 is 5.32 Å². The van der Waals surface area contributed by atoms with Gasteiger partial charge in [-0.05, 0) is 36.5 Å². The standard InChI is InChI=1S/C19H17N5O3/c25-19(22-18(14-6-7-14)13-4-2-1-3-5-13)15-8-9-16(17(10-15)24(26)27)23-12-20-11-21-23/h1-5,8-12,14,18H,6-7H2,(H,22,25). The van der Waals surface area contributed by atoms with Crippen molar-refractivity contribution in [2.45, 2.75) is 18.9 Å². The summed E-state index contributed by atoms with van der Waals surface area (Å²) in [7, 11) is 0. The zero-order valence-electron chi connectivity index (χ0n) is 14.4. The van der Waals surface area contributed by atoms with E-state index in [2.05, 4.69) is 15.4 Å². The van der Waals surface area contributed by atoms with E-state index in [-0.39, 0.29) is 28.9 Å². The summed E-state index contributed by atoms with van der Waals surface area (Å²) in [6, 6.07) is 14.0. The molecule has 1 heterocycles. The highest BCUT2D eigenvalue weighted by Gasteiger charge is 2.33. The van der Waals surface area contributed by atoms with Crippen molar-refractivity contribution >= 4 is 11.6 Å². The lowest BCUT2D eigenvalue weighted by Gasteiger charge is -2.19. The molecule has 1 N–H and O–H groups in total. The molecule has 3 aromatic rings. The number of carbonyl (C=O) groups is 1. The van der Waals surface area contributed by atoms with Gasteiger partial charge in [-0.2, -0.15) is 5.10 Å². The van der Waals surface area contributed by atoms with Crippen LogP contribution in [-0.2, 0) is 0 Å². The van der Waals surface area contributed by atoms with Crippen molar-refractivity contribution in [1.82, 2.24) is 20.1 Å². The lowest BCUT2D eigenvalue weighted by atomic mass is 10.0. The second-order valence-electron chi connectivity index (χ2n) is 6.50. The summed E-state index contributed by atoms with van der Waals surface area (Å²) in [6.07, 6.45) is 4.79. The summed E-state index contributed by atoms with van der Waals surface area (Å²) in [6.45, 7) is 0. The van der Waals surface area contributed by atoms with Crippen LogP contribution in [0.2, 0.25) is 0 Å². The molecule has 1 unspecified atom stereocenters. The maximum atomic E-state index is 12.8. The van der Waals surface area contributed by atoms with Gasteiger partial charge in [-0.25, -0.2) is 9.67 Å². The molecule has 1 fully saturated rings. The molecule has 0 bridgehead atoms. The summed E-state index contributed by atoms with van der Waals surface area (Å²) in [4.78, 5) is 27.5. The number of nitro benzene ring substituents is 1. The Hall–Kier alpha value is -3.55. The van der Waals surface area contributed by atoms with Crippen LogP contribution in [0.5, 0.6) is 0 Å². The van der Waals surface area contributed by atoms with Crippen molar-refractivity contribution in [2.75, 3.05) is 0 Å². The van der Waals surface area contributed by atoms with Crippen LogP contribution in [0, 0.1) is 16.0 Å². The topological polar surface area (TPSA) is 103 Å². The largest absolute Gasteiger partial charge is 0.345 e. The van der Waals surface area contributed by atoms with Gasteiger partial charge in [0, 0.05) is 11.6 Å². The second kappa shape index (κ2) is 6.99. The van der Waals surface area contributed by atoms with Gasteiger partial charge in [-0.1, -0.05) is 30.3 Å². The summed E-state index contributed by atoms with van der Waals surface area (Å²) in [5, 5.41) is 18.4. The molecule has 1 aliphatic carbocycles. The highest BCUT2D eigenvalue weighted by Crippen LogP contribution is 2.41. The Kier molecular flexibility index (Phi) is 4.37. The molecule has 1 aliphatic rings. The van der Waals surface area contributed by atoms with E-state index in [9.17, 15) is 14.9 Å². The first-order valence-corrected chi connectivity index (χ1v) is 8.63. The molecule has 0 spiro atoms. The third kappa shape index (κ3) is 3.55. The SMILES string of the molecule is O=C(NC(c1ccccc1)C1CC1)c1ccc(-n2cncn2)c([N+](=O)[O-])c1. The van der Waals surface area contributed by atoms with Crippen molar-refractivity contribution in [3.63, 3.8) is 0 Å². The van der Waals surface area contributed by atoms with Gasteiger partial charge in [0.15, 0.2) is 0 Å². The van der Waals surface area contributed by atoms with E-state index in [1.807, 2.05) is 30.3 Å². The molecule has 1 aromatic heterocycles. The van der Waals surface area contributed by atoms with Crippen LogP contribution in [0.1, 0.15) is 34.8 Å². The number of benzene rings is 2. The number of nitrogens with one attached hydrogen (secondary N) is 1. The Morgan fingerprint density at radius 3 is 2.63 bits per heavy atom. The summed E-state index contributed by atoms with van der Waals surface area (Å²) in [5.74, 6) is 0.0738. The summed E-state index contributed by atoms with van der Waals surface area (Å²) in [5.41, 5.74) is 1.35. The third-order valence-corrected chi connectivity index (χ3v) is 4.64. The average Bonchev–Trinajstić information content (AvgIpc) is 3.39. The molecule has 8 heteroatoms. The Bertz CT molecular complexity index is 968. The molecule has 2 aromatic carbocycles. The number of hydrogen-bond donors (Lipinski definition) is 1. The minimum atomic E-state index is -0.524. The Labute approximate surface area is 155 Å². The lowest BCUT2D eigenvalue weighted by molar-refractivity contribution is -0.384. The number of nitro groups is 1. The highest BCUT2D eigenvalue weighted by atomic mass is 16.6. The number of amides is 1. The zero-order chi connectivity index (χ0) is 18.8. The monoisotopic (exact) mass is 363 g/mol. The molecule has 0 saturated heterocycles. The quantitative estimate of drug-likeness (QED) is 0.535. The van der Waals surface area contributed by atoms with Crippen LogP contribution < -0.4 is 5.32 Å². The van der Waals surface area contributed by atoms with Crippen LogP contribution in [0.3, 0.4) is 0 Å². The fourth-order valence-electron chi connectivity index (χ4n) is 3.13. The maximum absolute atomic E-state index is 12.8. The van der Waals surface area contributed by atoms with Crippen LogP contribution in [0.15, 0.2) is 61.2 Å². The molecule has 1 saturated carbocycles. The van der Waals surface area contributed by atoms with E-state index in [0.29, 0.717) is 5.92 Å². The molecule has 8 nitrogen and oxygen atoms in total. The minimum Gasteiger partial charge on any atom is -0.345 e. The Balaban J connectivity index is 1.62. The van der Waals surface area contributed by atoms with E-state index >= 15 is 0 Å². The van der Waals surface area contributed by atoms with Gasteiger partial charge in [0.2, 0.25) is 0 Å². The first-order valence-electron chi connectivity index (χ1n) is 8.63. The minimum absolute atomic E-state index is 0.0900. The molecular formula is C19H17N5O3. The van der Waals surface area contributed by atoms with Crippen LogP contribution in [0.4, 0.5) is 5.69 Å². The predicted octanol–water partition coefficient (Wildman–Crippen LogP) is 3.06. The van der Waals surface area contributed by atoms with Gasteiger partial charge in [0.1, 0.15) is 18.3 Å². The fraction of sp³-hybridized carbons (Fsp3) is 0.211. The predicted molar refractivity (Wildman–Crippen MR) is 97.4 cm³/mol. The highest BCUT2D eigenvalue weighted by molar-refractivity contribution is 5.95. The smallest absolute Gasteiger partial charge is 0.295 e. The second-order valence-corrected chi connectivity index (χ2v) is 6.50. The van der Waals surface area contributed by atoms with Gasteiger partial charge in [0.05, 0.1) is 11.0 Å². The molecule has 136 valence electrons. The van der Waals surface area contributed by atoms with Crippen molar-refractivity contribution in [3.05, 3.63) is 82.4 Å². The number of nitrogens with zero attached hydrogens (tertiary/aromatic N) is 4. The molecule has 1 atom stereocenters. The maximum Gasteiger partial charge on any atom is 0.295 e. The fourth-order valence-corrected chi connectivity index (χ4v) is 3.13. The molecule has 1 amide bonds. The Morgan fingerprint density at radius 1 is 1.22 bits per heavy atom. The molecular weight excluding hydrogens is 346 g/mol. The van der Waals surface area contributed by atoms with E-state index in [4.69, 9.17) is 0 Å². The number of hydrogen-bond acceptors (Lipinski definition) is 5. The van der Waals surface area contributed by atoms with E-state index < -0.39 is 4.92 Å². The molecule has 4 rings (SSSR count). The van der Waals surface area contributed by atoms with E-state index in [1.54, 1.807) is 6.07 Å². The van der Waals surface area contributed by atoms with Crippen molar-refractivity contribution < 1.29 is 9.72 Å². The summed E-state index contributed by atoms with van der Waals surface area (Å²) >= 11 is 0. The first kappa shape index (κ1) is 16.9. The van der Waals surface area contributed by atoms with Crippen LogP contribution >= 0.6 is 0 Å². The van der Waals surface area contributed by atoms with Gasteiger partial charge >= 0.3 is 0 Å². The lowest BCUT2D eigenvalue weighted by Crippen LogP contribution is -2.30. The van der Waals surface area contributed by atoms with Gasteiger partial charge in [-0.15, -0.1) is 0 Å². The van der Waals surface area contributed by atoms with Gasteiger partial charge in [-0.3, -0.25) is 14.9 Å². The first-order chi connectivity index (χ1) is 13.1. The van der Waals surface area contributed by atoms with Crippen molar-refractivity contribution in [3.8, 4) is 5.69 Å². The van der Waals surface area contributed by atoms with Crippen molar-refractivity contribution in [2.24, 2.45) is 5.92 Å². The van der Waals surface area contributed by atoms with E-state index in [1.165, 1.54) is 29.5 Å².